The Bertz CT molecular complexity index is 614. The summed E-state index contributed by atoms with van der Waals surface area (Å²) in [7, 11) is 0. The molecule has 1 radical (unpaired) electrons. The standard InChI is InChI=1S/C14H11.2ClH.Zr/c1-10-8-12-7-6-11-4-2-3-5-13(11)14(12)9-10;;;/h2-9H,1H3;2*1H;/q-1;;;+3/p-2. The predicted molar refractivity (Wildman–Crippen MR) is 61.8 cm³/mol. The van der Waals surface area contributed by atoms with Crippen molar-refractivity contribution in [2.24, 2.45) is 0 Å². The topological polar surface area (TPSA) is 0 Å². The zero-order valence-corrected chi connectivity index (χ0v) is 13.3. The van der Waals surface area contributed by atoms with Gasteiger partial charge in [0.1, 0.15) is 0 Å². The van der Waals surface area contributed by atoms with Gasteiger partial charge in [-0.25, -0.2) is 0 Å². The van der Waals surface area contributed by atoms with Crippen molar-refractivity contribution in [3.05, 3.63) is 54.1 Å². The Hall–Kier alpha value is -0.227. The van der Waals surface area contributed by atoms with Gasteiger partial charge in [0, 0.05) is 0 Å². The van der Waals surface area contributed by atoms with E-state index < -0.39 is 0 Å². The summed E-state index contributed by atoms with van der Waals surface area (Å²) in [6.07, 6.45) is 0. The minimum atomic E-state index is 0. The number of aryl methyl sites for hydroxylation is 1. The van der Waals surface area contributed by atoms with Crippen LogP contribution in [0.1, 0.15) is 5.56 Å². The molecule has 0 heterocycles. The first kappa shape index (κ1) is 16.8. The summed E-state index contributed by atoms with van der Waals surface area (Å²) in [5.41, 5.74) is 1.34. The molecule has 0 N–H and O–H groups in total. The maximum absolute atomic E-state index is 2.26. The Morgan fingerprint density at radius 3 is 2.35 bits per heavy atom. The second-order valence-corrected chi connectivity index (χ2v) is 3.82. The summed E-state index contributed by atoms with van der Waals surface area (Å²) in [5, 5.41) is 5.41. The molecule has 3 heteroatoms. The molecule has 3 aromatic carbocycles. The Kier molecular flexibility index (Phi) is 6.55. The third kappa shape index (κ3) is 2.96. The minimum absolute atomic E-state index is 0. The number of hydrogen-bond donors (Lipinski definition) is 0. The second kappa shape index (κ2) is 6.64. The maximum atomic E-state index is 2.26. The molecule has 0 unspecified atom stereocenters. The van der Waals surface area contributed by atoms with E-state index in [-0.39, 0.29) is 51.0 Å². The summed E-state index contributed by atoms with van der Waals surface area (Å²) in [6.45, 7) is 2.15. The molecule has 0 aliphatic carbocycles. The first-order valence-electron chi connectivity index (χ1n) is 4.89. The van der Waals surface area contributed by atoms with Gasteiger partial charge in [-0.2, -0.15) is 6.07 Å². The third-order valence-corrected chi connectivity index (χ3v) is 2.76. The fraction of sp³-hybridized carbons (Fsp3) is 0.0714. The number of rotatable bonds is 0. The third-order valence-electron chi connectivity index (χ3n) is 2.76. The first-order chi connectivity index (χ1) is 6.84. The molecule has 3 rings (SSSR count). The van der Waals surface area contributed by atoms with E-state index in [0.29, 0.717) is 0 Å². The smallest absolute Gasteiger partial charge is 1.00 e. The van der Waals surface area contributed by atoms with Gasteiger partial charge >= 0.3 is 26.2 Å². The first-order valence-corrected chi connectivity index (χ1v) is 4.89. The van der Waals surface area contributed by atoms with Crippen LogP contribution >= 0.6 is 0 Å². The van der Waals surface area contributed by atoms with Crippen LogP contribution in [0.25, 0.3) is 21.5 Å². The van der Waals surface area contributed by atoms with Crippen molar-refractivity contribution < 1.29 is 51.0 Å². The molecule has 0 amide bonds. The van der Waals surface area contributed by atoms with Gasteiger partial charge in [-0.1, -0.05) is 42.6 Å². The van der Waals surface area contributed by atoms with E-state index in [0.717, 1.165) is 0 Å². The van der Waals surface area contributed by atoms with E-state index >= 15 is 0 Å². The van der Waals surface area contributed by atoms with Crippen LogP contribution in [0.2, 0.25) is 0 Å². The van der Waals surface area contributed by atoms with Gasteiger partial charge in [-0.05, 0) is 5.39 Å². The molecule has 0 atom stereocenters. The molecule has 85 valence electrons. The van der Waals surface area contributed by atoms with Crippen LogP contribution in [-0.2, 0) is 26.2 Å². The molecule has 0 aliphatic rings. The molecule has 0 fully saturated rings. The summed E-state index contributed by atoms with van der Waals surface area (Å²) in [5.74, 6) is 0. The number of hydrogen-bond acceptors (Lipinski definition) is 0. The van der Waals surface area contributed by atoms with Gasteiger partial charge in [-0.15, -0.1) is 28.5 Å². The average molecular weight is 341 g/mol. The van der Waals surface area contributed by atoms with Crippen molar-refractivity contribution in [3.8, 4) is 0 Å². The zero-order chi connectivity index (χ0) is 9.54. The van der Waals surface area contributed by atoms with Gasteiger partial charge in [0.2, 0.25) is 0 Å². The Morgan fingerprint density at radius 2 is 1.59 bits per heavy atom. The van der Waals surface area contributed by atoms with Gasteiger partial charge in [-0.3, -0.25) is 0 Å². The summed E-state index contributed by atoms with van der Waals surface area (Å²) in [6, 6.07) is 17.4. The number of fused-ring (bicyclic) bond motifs is 3. The van der Waals surface area contributed by atoms with Crippen molar-refractivity contribution in [1.82, 2.24) is 0 Å². The van der Waals surface area contributed by atoms with Crippen molar-refractivity contribution in [2.75, 3.05) is 0 Å². The van der Waals surface area contributed by atoms with Crippen LogP contribution < -0.4 is 24.8 Å². The van der Waals surface area contributed by atoms with Gasteiger partial charge in [0.05, 0.1) is 0 Å². The van der Waals surface area contributed by atoms with Gasteiger partial charge in [0.25, 0.3) is 0 Å². The number of benzene rings is 2. The van der Waals surface area contributed by atoms with E-state index in [1.807, 2.05) is 0 Å². The van der Waals surface area contributed by atoms with Crippen LogP contribution in [0.3, 0.4) is 0 Å². The molecule has 0 bridgehead atoms. The van der Waals surface area contributed by atoms with E-state index in [2.05, 4.69) is 55.5 Å². The summed E-state index contributed by atoms with van der Waals surface area (Å²) >= 11 is 0. The summed E-state index contributed by atoms with van der Waals surface area (Å²) < 4.78 is 0. The van der Waals surface area contributed by atoms with E-state index in [9.17, 15) is 0 Å². The fourth-order valence-electron chi connectivity index (χ4n) is 2.11. The van der Waals surface area contributed by atoms with Crippen LogP contribution in [-0.4, -0.2) is 0 Å². The Labute approximate surface area is 133 Å². The normalized spacial score (nSPS) is 9.24. The quantitative estimate of drug-likeness (QED) is 0.416. The van der Waals surface area contributed by atoms with Gasteiger partial charge in [0.15, 0.2) is 0 Å². The van der Waals surface area contributed by atoms with Crippen molar-refractivity contribution in [1.29, 1.82) is 0 Å². The molecular formula is C14H11Cl2Zr. The SMILES string of the molecule is Cc1cc2c(ccc3ccccc32)[cH-]1.[Cl-].[Cl-].[Zr+3]. The van der Waals surface area contributed by atoms with Crippen LogP contribution in [0.5, 0.6) is 0 Å². The molecule has 3 aromatic rings. The summed E-state index contributed by atoms with van der Waals surface area (Å²) in [4.78, 5) is 0. The predicted octanol–water partition coefficient (Wildman–Crippen LogP) is -1.97. The minimum Gasteiger partial charge on any atom is -1.00 e. The molecule has 0 spiro atoms. The molecule has 0 saturated heterocycles. The van der Waals surface area contributed by atoms with E-state index in [1.165, 1.54) is 27.1 Å². The molecule has 0 saturated carbocycles. The average Bonchev–Trinajstić information content (AvgIpc) is 2.59. The van der Waals surface area contributed by atoms with Gasteiger partial charge < -0.3 is 24.8 Å². The zero-order valence-electron chi connectivity index (χ0n) is 9.37. The molecule has 0 aromatic heterocycles. The van der Waals surface area contributed by atoms with E-state index in [1.54, 1.807) is 0 Å². The maximum Gasteiger partial charge on any atom is 3.00 e. The van der Waals surface area contributed by atoms with Crippen LogP contribution in [0.15, 0.2) is 48.5 Å². The van der Waals surface area contributed by atoms with Crippen molar-refractivity contribution in [2.45, 2.75) is 6.92 Å². The number of halogens is 2. The molecule has 0 aliphatic heterocycles. The Balaban J connectivity index is 0.000000853. The van der Waals surface area contributed by atoms with Crippen molar-refractivity contribution in [3.63, 3.8) is 0 Å². The van der Waals surface area contributed by atoms with Crippen LogP contribution in [0.4, 0.5) is 0 Å². The Morgan fingerprint density at radius 1 is 0.882 bits per heavy atom. The molecular weight excluding hydrogens is 330 g/mol. The second-order valence-electron chi connectivity index (χ2n) is 3.82. The van der Waals surface area contributed by atoms with Crippen molar-refractivity contribution >= 4 is 21.5 Å². The molecule has 17 heavy (non-hydrogen) atoms. The van der Waals surface area contributed by atoms with E-state index in [4.69, 9.17) is 0 Å². The molecule has 0 nitrogen and oxygen atoms in total. The fourth-order valence-corrected chi connectivity index (χ4v) is 2.11. The largest absolute Gasteiger partial charge is 3.00 e. The monoisotopic (exact) mass is 339 g/mol. The van der Waals surface area contributed by atoms with Crippen LogP contribution in [0, 0.1) is 6.92 Å².